The minimum atomic E-state index is -0.869. The van der Waals surface area contributed by atoms with E-state index in [0.29, 0.717) is 5.56 Å². The maximum Gasteiger partial charge on any atom is 0.184 e. The van der Waals surface area contributed by atoms with Crippen molar-refractivity contribution in [3.63, 3.8) is 0 Å². The van der Waals surface area contributed by atoms with Gasteiger partial charge in [-0.1, -0.05) is 29.9 Å². The van der Waals surface area contributed by atoms with Crippen LogP contribution in [0.15, 0.2) is 48.5 Å². The van der Waals surface area contributed by atoms with E-state index >= 15 is 0 Å². The van der Waals surface area contributed by atoms with E-state index < -0.39 is 17.9 Å². The Hall–Kier alpha value is -3.25. The van der Waals surface area contributed by atoms with Gasteiger partial charge in [0, 0.05) is 11.1 Å². The number of terminal acetylenes is 1. The zero-order valence-corrected chi connectivity index (χ0v) is 15.2. The van der Waals surface area contributed by atoms with Gasteiger partial charge >= 0.3 is 0 Å². The van der Waals surface area contributed by atoms with Crippen LogP contribution in [0.4, 0.5) is 13.2 Å². The SMILES string of the molecule is C#CC1COC(c2cc(F)c(C#Cc3ccc4cc(F)ccc4c3)c(F)c2)OC1. The molecule has 0 aliphatic carbocycles. The summed E-state index contributed by atoms with van der Waals surface area (Å²) in [7, 11) is 0. The summed E-state index contributed by atoms with van der Waals surface area (Å²) < 4.78 is 53.1. The van der Waals surface area contributed by atoms with Gasteiger partial charge in [0.2, 0.25) is 0 Å². The smallest absolute Gasteiger partial charge is 0.184 e. The Morgan fingerprint density at radius 2 is 1.48 bits per heavy atom. The molecule has 0 amide bonds. The Kier molecular flexibility index (Phi) is 5.27. The third-order valence-corrected chi connectivity index (χ3v) is 4.60. The number of fused-ring (bicyclic) bond motifs is 1. The van der Waals surface area contributed by atoms with Gasteiger partial charge in [-0.25, -0.2) is 13.2 Å². The molecule has 0 atom stereocenters. The maximum absolute atomic E-state index is 14.5. The first-order chi connectivity index (χ1) is 14.0. The Morgan fingerprint density at radius 3 is 2.17 bits per heavy atom. The van der Waals surface area contributed by atoms with Crippen molar-refractivity contribution >= 4 is 10.8 Å². The Morgan fingerprint density at radius 1 is 0.828 bits per heavy atom. The second kappa shape index (κ2) is 8.01. The molecule has 0 bridgehead atoms. The summed E-state index contributed by atoms with van der Waals surface area (Å²) in [6.45, 7) is 0.523. The molecule has 1 aliphatic rings. The molecule has 0 aromatic heterocycles. The molecular formula is C24H15F3O2. The quantitative estimate of drug-likeness (QED) is 0.546. The van der Waals surface area contributed by atoms with Crippen LogP contribution >= 0.6 is 0 Å². The third kappa shape index (κ3) is 4.12. The van der Waals surface area contributed by atoms with E-state index in [2.05, 4.69) is 17.8 Å². The number of halogens is 3. The van der Waals surface area contributed by atoms with E-state index in [1.165, 1.54) is 12.1 Å². The summed E-state index contributed by atoms with van der Waals surface area (Å²) in [6.07, 6.45) is 4.44. The first-order valence-electron chi connectivity index (χ1n) is 8.93. The Balaban J connectivity index is 1.59. The molecule has 1 fully saturated rings. The molecule has 144 valence electrons. The van der Waals surface area contributed by atoms with E-state index in [1.807, 2.05) is 0 Å². The van der Waals surface area contributed by atoms with Crippen LogP contribution in [0, 0.1) is 47.6 Å². The fourth-order valence-corrected chi connectivity index (χ4v) is 3.07. The van der Waals surface area contributed by atoms with Crippen molar-refractivity contribution in [1.29, 1.82) is 0 Å². The molecule has 0 saturated carbocycles. The summed E-state index contributed by atoms with van der Waals surface area (Å²) in [5, 5.41) is 1.50. The van der Waals surface area contributed by atoms with Crippen LogP contribution in [0.5, 0.6) is 0 Å². The van der Waals surface area contributed by atoms with Crippen molar-refractivity contribution in [2.75, 3.05) is 13.2 Å². The zero-order chi connectivity index (χ0) is 20.4. The van der Waals surface area contributed by atoms with E-state index in [1.54, 1.807) is 24.3 Å². The number of benzene rings is 3. The maximum atomic E-state index is 14.5. The van der Waals surface area contributed by atoms with Gasteiger partial charge in [0.1, 0.15) is 17.5 Å². The average Bonchev–Trinajstić information content (AvgIpc) is 2.73. The minimum Gasteiger partial charge on any atom is -0.347 e. The fraction of sp³-hybridized carbons (Fsp3) is 0.167. The van der Waals surface area contributed by atoms with Gasteiger partial charge in [-0.2, -0.15) is 0 Å². The molecule has 2 nitrogen and oxygen atoms in total. The molecule has 3 aromatic rings. The lowest BCUT2D eigenvalue weighted by Crippen LogP contribution is -2.26. The monoisotopic (exact) mass is 392 g/mol. The van der Waals surface area contributed by atoms with Gasteiger partial charge < -0.3 is 9.47 Å². The predicted molar refractivity (Wildman–Crippen MR) is 103 cm³/mol. The number of ether oxygens (including phenoxy) is 2. The van der Waals surface area contributed by atoms with Crippen LogP contribution < -0.4 is 0 Å². The van der Waals surface area contributed by atoms with Gasteiger partial charge in [-0.05, 0) is 47.2 Å². The highest BCUT2D eigenvalue weighted by Crippen LogP contribution is 2.27. The molecule has 1 saturated heterocycles. The standard InChI is InChI=1S/C24H15F3O2/c1-2-15-13-28-24(29-14-15)19-11-22(26)21(23(27)12-19)8-4-16-3-5-18-10-20(25)7-6-17(18)9-16/h1,3,5-7,9-12,15,24H,13-14H2. The van der Waals surface area contributed by atoms with Gasteiger partial charge in [-0.15, -0.1) is 6.42 Å². The van der Waals surface area contributed by atoms with Crippen LogP contribution in [-0.2, 0) is 9.47 Å². The zero-order valence-electron chi connectivity index (χ0n) is 15.2. The van der Waals surface area contributed by atoms with Gasteiger partial charge in [-0.3, -0.25) is 0 Å². The van der Waals surface area contributed by atoms with Crippen molar-refractivity contribution in [3.05, 3.63) is 82.7 Å². The molecule has 1 heterocycles. The van der Waals surface area contributed by atoms with Gasteiger partial charge in [0.05, 0.1) is 24.7 Å². The second-order valence-corrected chi connectivity index (χ2v) is 6.68. The van der Waals surface area contributed by atoms with Crippen molar-refractivity contribution in [2.45, 2.75) is 6.29 Å². The molecule has 0 spiro atoms. The Labute approximate surface area is 166 Å². The largest absolute Gasteiger partial charge is 0.347 e. The van der Waals surface area contributed by atoms with Crippen LogP contribution in [0.3, 0.4) is 0 Å². The van der Waals surface area contributed by atoms with Gasteiger partial charge in [0.25, 0.3) is 0 Å². The number of hydrogen-bond donors (Lipinski definition) is 0. The molecule has 0 N–H and O–H groups in total. The van der Waals surface area contributed by atoms with Crippen molar-refractivity contribution in [2.24, 2.45) is 5.92 Å². The molecule has 1 aliphatic heterocycles. The molecule has 5 heteroatoms. The highest BCUT2D eigenvalue weighted by atomic mass is 19.1. The summed E-state index contributed by atoms with van der Waals surface area (Å²) >= 11 is 0. The second-order valence-electron chi connectivity index (χ2n) is 6.68. The first kappa shape index (κ1) is 19.1. The lowest BCUT2D eigenvalue weighted by molar-refractivity contribution is -0.196. The summed E-state index contributed by atoms with van der Waals surface area (Å²) in [4.78, 5) is 0. The van der Waals surface area contributed by atoms with E-state index in [-0.39, 0.29) is 36.1 Å². The third-order valence-electron chi connectivity index (χ3n) is 4.60. The number of hydrogen-bond acceptors (Lipinski definition) is 2. The average molecular weight is 392 g/mol. The summed E-state index contributed by atoms with van der Waals surface area (Å²) in [5.74, 6) is 5.69. The van der Waals surface area contributed by atoms with Crippen molar-refractivity contribution in [1.82, 2.24) is 0 Å². The highest BCUT2D eigenvalue weighted by Gasteiger charge is 2.24. The molecule has 0 radical (unpaired) electrons. The lowest BCUT2D eigenvalue weighted by atomic mass is 10.1. The molecule has 29 heavy (non-hydrogen) atoms. The molecule has 0 unspecified atom stereocenters. The van der Waals surface area contributed by atoms with E-state index in [9.17, 15) is 13.2 Å². The normalized spacial score (nSPS) is 18.7. The molecule has 4 rings (SSSR count). The summed E-state index contributed by atoms with van der Waals surface area (Å²) in [6, 6.07) is 11.8. The van der Waals surface area contributed by atoms with E-state index in [0.717, 1.165) is 22.9 Å². The summed E-state index contributed by atoms with van der Waals surface area (Å²) in [5.41, 5.74) is 0.449. The molecular weight excluding hydrogens is 377 g/mol. The fourth-order valence-electron chi connectivity index (χ4n) is 3.07. The number of rotatable bonds is 1. The van der Waals surface area contributed by atoms with Crippen LogP contribution in [0.2, 0.25) is 0 Å². The topological polar surface area (TPSA) is 18.5 Å². The van der Waals surface area contributed by atoms with Crippen molar-refractivity contribution in [3.8, 4) is 24.2 Å². The minimum absolute atomic E-state index is 0.176. The van der Waals surface area contributed by atoms with Gasteiger partial charge in [0.15, 0.2) is 6.29 Å². The van der Waals surface area contributed by atoms with Crippen LogP contribution in [-0.4, -0.2) is 13.2 Å². The Bertz CT molecular complexity index is 1150. The lowest BCUT2D eigenvalue weighted by Gasteiger charge is -2.27. The van der Waals surface area contributed by atoms with Crippen LogP contribution in [0.1, 0.15) is 23.0 Å². The highest BCUT2D eigenvalue weighted by molar-refractivity contribution is 5.84. The first-order valence-corrected chi connectivity index (χ1v) is 8.93. The van der Waals surface area contributed by atoms with E-state index in [4.69, 9.17) is 15.9 Å². The predicted octanol–water partition coefficient (Wildman–Crippen LogP) is 4.95. The van der Waals surface area contributed by atoms with Crippen molar-refractivity contribution < 1.29 is 22.6 Å². The molecule has 3 aromatic carbocycles. The van der Waals surface area contributed by atoms with Crippen LogP contribution in [0.25, 0.3) is 10.8 Å².